The van der Waals surface area contributed by atoms with Crippen LogP contribution in [0.4, 0.5) is 0 Å². The van der Waals surface area contributed by atoms with Gasteiger partial charge in [-0.2, -0.15) is 0 Å². The third kappa shape index (κ3) is 27.7. The van der Waals surface area contributed by atoms with Crippen LogP contribution in [0.2, 0.25) is 0 Å². The van der Waals surface area contributed by atoms with Gasteiger partial charge in [0.15, 0.2) is 0 Å². The first-order valence-corrected chi connectivity index (χ1v) is 12.0. The Bertz CT molecular complexity index is 297. The van der Waals surface area contributed by atoms with Gasteiger partial charge in [0.2, 0.25) is 5.91 Å². The molecule has 0 heterocycles. The number of primary amides is 1. The summed E-state index contributed by atoms with van der Waals surface area (Å²) < 4.78 is 1.14. The Morgan fingerprint density at radius 1 is 0.593 bits per heavy atom. The number of quaternary nitrogens is 1. The lowest BCUT2D eigenvalue weighted by Gasteiger charge is -2.25. The van der Waals surface area contributed by atoms with Crippen LogP contribution in [0.1, 0.15) is 124 Å². The average molecular weight is 386 g/mol. The Balaban J connectivity index is 0. The number of hydrogen-bond donors (Lipinski definition) is 1. The van der Waals surface area contributed by atoms with Crippen molar-refractivity contribution < 1.29 is 9.28 Å². The predicted molar refractivity (Wildman–Crippen MR) is 122 cm³/mol. The number of carbonyl (C=O) groups is 1. The van der Waals surface area contributed by atoms with Crippen molar-refractivity contribution in [3.63, 3.8) is 0 Å². The van der Waals surface area contributed by atoms with Gasteiger partial charge in [0.05, 0.1) is 27.2 Å². The lowest BCUT2D eigenvalue weighted by molar-refractivity contribution is -0.886. The first-order chi connectivity index (χ1) is 12.9. The summed E-state index contributed by atoms with van der Waals surface area (Å²) in [7, 11) is 4.47. The van der Waals surface area contributed by atoms with Crippen LogP contribution in [0.25, 0.3) is 0 Å². The lowest BCUT2D eigenvalue weighted by atomic mass is 10.0. The van der Waals surface area contributed by atoms with E-state index in [1.54, 1.807) is 0 Å². The van der Waals surface area contributed by atoms with Gasteiger partial charge in [-0.15, -0.1) is 0 Å². The third-order valence-corrected chi connectivity index (χ3v) is 5.74. The molecule has 3 nitrogen and oxygen atoms in total. The Morgan fingerprint density at radius 2 is 0.889 bits per heavy atom. The van der Waals surface area contributed by atoms with Gasteiger partial charge in [-0.05, 0) is 20.3 Å². The molecule has 164 valence electrons. The number of carbonyl (C=O) groups excluding carboxylic acids is 1. The highest BCUT2D eigenvalue weighted by molar-refractivity contribution is 5.73. The molecule has 1 amide bonds. The summed E-state index contributed by atoms with van der Waals surface area (Å²) >= 11 is 0. The quantitative estimate of drug-likeness (QED) is 0.204. The second kappa shape index (κ2) is 21.7. The van der Waals surface area contributed by atoms with Crippen molar-refractivity contribution in [1.29, 1.82) is 0 Å². The molecule has 3 heteroatoms. The molecule has 0 aliphatic rings. The second-order valence-electron chi connectivity index (χ2n) is 8.73. The molecule has 0 bridgehead atoms. The molecule has 0 aromatic carbocycles. The minimum Gasteiger partial charge on any atom is -0.370 e. The van der Waals surface area contributed by atoms with E-state index in [1.165, 1.54) is 103 Å². The monoisotopic (exact) mass is 385 g/mol. The molecule has 2 N–H and O–H groups in total. The van der Waals surface area contributed by atoms with Crippen molar-refractivity contribution in [1.82, 2.24) is 0 Å². The molecule has 0 unspecified atom stereocenters. The number of amides is 1. The number of nitrogens with two attached hydrogens (primary N) is 1. The maximum atomic E-state index is 10.6. The largest absolute Gasteiger partial charge is 0.370 e. The van der Waals surface area contributed by atoms with Crippen molar-refractivity contribution in [3.8, 4) is 0 Å². The summed E-state index contributed by atoms with van der Waals surface area (Å²) in [6.45, 7) is 9.16. The van der Waals surface area contributed by atoms with E-state index in [0.717, 1.165) is 10.9 Å². The summed E-state index contributed by atoms with van der Waals surface area (Å²) in [5.41, 5.74) is 5.11. The molecule has 0 atom stereocenters. The van der Waals surface area contributed by atoms with Crippen LogP contribution in [0, 0.1) is 0 Å². The molecule has 0 radical (unpaired) electrons. The normalized spacial score (nSPS) is 11.1. The van der Waals surface area contributed by atoms with Gasteiger partial charge in [0.1, 0.15) is 0 Å². The Hall–Kier alpha value is -0.570. The summed E-state index contributed by atoms with van der Waals surface area (Å²) in [6, 6.07) is 0. The van der Waals surface area contributed by atoms with Gasteiger partial charge in [-0.25, -0.2) is 0 Å². The minimum atomic E-state index is -0.153. The van der Waals surface area contributed by atoms with Crippen LogP contribution in [0.15, 0.2) is 0 Å². The Morgan fingerprint density at radius 3 is 1.11 bits per heavy atom. The highest BCUT2D eigenvalue weighted by Gasteiger charge is 2.04. The zero-order valence-electron chi connectivity index (χ0n) is 19.7. The van der Waals surface area contributed by atoms with Crippen molar-refractivity contribution in [2.24, 2.45) is 5.73 Å². The van der Waals surface area contributed by atoms with Gasteiger partial charge < -0.3 is 10.2 Å². The molecule has 0 saturated heterocycles. The van der Waals surface area contributed by atoms with Crippen LogP contribution < -0.4 is 5.73 Å². The molecule has 0 aromatic rings. The average Bonchev–Trinajstić information content (AvgIpc) is 2.65. The SMILES string of the molecule is CCCCCCCCCCCCCCCCCC(N)=O.CC[N+](C)(C)CC. The van der Waals surface area contributed by atoms with Crippen molar-refractivity contribution in [3.05, 3.63) is 0 Å². The molecule has 0 aliphatic heterocycles. The number of unbranched alkanes of at least 4 members (excludes halogenated alkanes) is 14. The first-order valence-electron chi connectivity index (χ1n) is 12.0. The zero-order chi connectivity index (χ0) is 20.8. The number of hydrogen-bond acceptors (Lipinski definition) is 1. The molecule has 0 aliphatic carbocycles. The fourth-order valence-electron chi connectivity index (χ4n) is 2.89. The molecule has 0 rings (SSSR count). The summed E-state index contributed by atoms with van der Waals surface area (Å²) in [5, 5.41) is 0. The maximum Gasteiger partial charge on any atom is 0.217 e. The van der Waals surface area contributed by atoms with Crippen LogP contribution in [-0.2, 0) is 4.79 Å². The van der Waals surface area contributed by atoms with E-state index < -0.39 is 0 Å². The molecule has 0 saturated carbocycles. The van der Waals surface area contributed by atoms with Gasteiger partial charge in [0.25, 0.3) is 0 Å². The molecule has 0 fully saturated rings. The van der Waals surface area contributed by atoms with E-state index in [2.05, 4.69) is 34.9 Å². The molecule has 27 heavy (non-hydrogen) atoms. The van der Waals surface area contributed by atoms with E-state index in [9.17, 15) is 4.79 Å². The van der Waals surface area contributed by atoms with Crippen LogP contribution in [0.5, 0.6) is 0 Å². The fourth-order valence-corrected chi connectivity index (χ4v) is 2.89. The van der Waals surface area contributed by atoms with Crippen LogP contribution in [-0.4, -0.2) is 37.6 Å². The van der Waals surface area contributed by atoms with Gasteiger partial charge in [-0.3, -0.25) is 4.79 Å². The van der Waals surface area contributed by atoms with Crippen molar-refractivity contribution >= 4 is 5.91 Å². The van der Waals surface area contributed by atoms with E-state index >= 15 is 0 Å². The van der Waals surface area contributed by atoms with Crippen molar-refractivity contribution in [2.75, 3.05) is 27.2 Å². The van der Waals surface area contributed by atoms with Crippen LogP contribution in [0.3, 0.4) is 0 Å². The molecule has 0 aromatic heterocycles. The van der Waals surface area contributed by atoms with Gasteiger partial charge >= 0.3 is 0 Å². The smallest absolute Gasteiger partial charge is 0.217 e. The molecular formula is C24H53N2O+. The fraction of sp³-hybridized carbons (Fsp3) is 0.958. The first kappa shape index (κ1) is 28.6. The van der Waals surface area contributed by atoms with Crippen LogP contribution >= 0.6 is 0 Å². The van der Waals surface area contributed by atoms with Gasteiger partial charge in [-0.1, -0.05) is 96.8 Å². The standard InChI is InChI=1S/C18H37NO.C6H16N/c1-2-3-4-5-6-7-8-9-10-11-12-13-14-15-16-17-18(19)20;1-5-7(3,4)6-2/h2-17H2,1H3,(H2,19,20);5-6H2,1-4H3/q;+1. The second-order valence-corrected chi connectivity index (χ2v) is 8.73. The topological polar surface area (TPSA) is 43.1 Å². The zero-order valence-corrected chi connectivity index (χ0v) is 19.7. The third-order valence-electron chi connectivity index (χ3n) is 5.74. The molecular weight excluding hydrogens is 332 g/mol. The van der Waals surface area contributed by atoms with Gasteiger partial charge in [0, 0.05) is 6.42 Å². The maximum absolute atomic E-state index is 10.6. The number of rotatable bonds is 18. The summed E-state index contributed by atoms with van der Waals surface area (Å²) in [4.78, 5) is 10.6. The predicted octanol–water partition coefficient (Wildman–Crippen LogP) is 6.84. The van der Waals surface area contributed by atoms with E-state index in [4.69, 9.17) is 5.73 Å². The van der Waals surface area contributed by atoms with E-state index in [-0.39, 0.29) is 5.91 Å². The van der Waals surface area contributed by atoms with E-state index in [0.29, 0.717) is 6.42 Å². The lowest BCUT2D eigenvalue weighted by Crippen LogP contribution is -2.38. The highest BCUT2D eigenvalue weighted by atomic mass is 16.1. The number of nitrogens with zero attached hydrogens (tertiary/aromatic N) is 1. The summed E-state index contributed by atoms with van der Waals surface area (Å²) in [6.07, 6.45) is 20.9. The Labute approximate surface area is 172 Å². The Kier molecular flexibility index (Phi) is 23.0. The molecule has 0 spiro atoms. The summed E-state index contributed by atoms with van der Waals surface area (Å²) in [5.74, 6) is -0.153. The minimum absolute atomic E-state index is 0.153. The highest BCUT2D eigenvalue weighted by Crippen LogP contribution is 2.13. The van der Waals surface area contributed by atoms with Crippen molar-refractivity contribution in [2.45, 2.75) is 124 Å². The van der Waals surface area contributed by atoms with E-state index in [1.807, 2.05) is 0 Å².